The lowest BCUT2D eigenvalue weighted by atomic mass is 10.1. The average Bonchev–Trinajstić information content (AvgIpc) is 2.19. The third-order valence-corrected chi connectivity index (χ3v) is 2.24. The van der Waals surface area contributed by atoms with Gasteiger partial charge in [-0.1, -0.05) is 15.9 Å². The Balaban J connectivity index is 0.00000196. The van der Waals surface area contributed by atoms with E-state index in [1.54, 1.807) is 0 Å². The molecule has 0 spiro atoms. The summed E-state index contributed by atoms with van der Waals surface area (Å²) >= 11 is 3.16. The summed E-state index contributed by atoms with van der Waals surface area (Å²) < 4.78 is 18.3. The van der Waals surface area contributed by atoms with E-state index in [0.29, 0.717) is 4.47 Å². The van der Waals surface area contributed by atoms with Crippen molar-refractivity contribution in [3.63, 3.8) is 0 Å². The molecule has 6 heteroatoms. The van der Waals surface area contributed by atoms with Crippen LogP contribution < -0.4 is 5.73 Å². The number of methoxy groups -OCH3 is 1. The number of benzene rings is 1. The predicted molar refractivity (Wildman–Crippen MR) is 60.3 cm³/mol. The summed E-state index contributed by atoms with van der Waals surface area (Å²) in [7, 11) is 1.21. The number of esters is 1. The van der Waals surface area contributed by atoms with Crippen LogP contribution in [-0.2, 0) is 9.53 Å². The maximum Gasteiger partial charge on any atom is 0.327 e. The van der Waals surface area contributed by atoms with E-state index in [1.807, 2.05) is 0 Å². The molecule has 0 unspecified atom stereocenters. The highest BCUT2D eigenvalue weighted by Gasteiger charge is 2.19. The van der Waals surface area contributed by atoms with Gasteiger partial charge in [-0.25, -0.2) is 4.39 Å². The molecule has 0 bridgehead atoms. The van der Waals surface area contributed by atoms with Gasteiger partial charge in [-0.2, -0.15) is 0 Å². The second-order valence-electron chi connectivity index (χ2n) is 2.67. The molecule has 0 aliphatic heterocycles. The van der Waals surface area contributed by atoms with Gasteiger partial charge in [0.15, 0.2) is 0 Å². The zero-order valence-electron chi connectivity index (χ0n) is 7.87. The fourth-order valence-corrected chi connectivity index (χ4v) is 1.39. The molecule has 0 saturated heterocycles. The summed E-state index contributed by atoms with van der Waals surface area (Å²) in [6.07, 6.45) is 0. The summed E-state index contributed by atoms with van der Waals surface area (Å²) in [6, 6.07) is 3.14. The summed E-state index contributed by atoms with van der Waals surface area (Å²) in [5.41, 5.74) is 5.60. The van der Waals surface area contributed by atoms with Gasteiger partial charge in [0.1, 0.15) is 11.9 Å². The van der Waals surface area contributed by atoms with Crippen LogP contribution in [0.5, 0.6) is 0 Å². The predicted octanol–water partition coefficient (Wildman–Crippen LogP) is 2.18. The van der Waals surface area contributed by atoms with Crippen molar-refractivity contribution in [2.24, 2.45) is 5.73 Å². The first kappa shape index (κ1) is 14.3. The first-order valence-electron chi connectivity index (χ1n) is 3.84. The van der Waals surface area contributed by atoms with E-state index in [9.17, 15) is 9.18 Å². The van der Waals surface area contributed by atoms with Gasteiger partial charge in [-0.15, -0.1) is 12.4 Å². The minimum Gasteiger partial charge on any atom is -0.468 e. The highest BCUT2D eigenvalue weighted by molar-refractivity contribution is 9.10. The molecule has 15 heavy (non-hydrogen) atoms. The van der Waals surface area contributed by atoms with Gasteiger partial charge in [0.25, 0.3) is 0 Å². The first-order chi connectivity index (χ1) is 6.56. The van der Waals surface area contributed by atoms with Crippen LogP contribution in [0.4, 0.5) is 4.39 Å². The lowest BCUT2D eigenvalue weighted by molar-refractivity contribution is -0.142. The zero-order chi connectivity index (χ0) is 10.7. The molecule has 0 aromatic heterocycles. The Bertz CT molecular complexity index is 362. The molecule has 1 aromatic rings. The van der Waals surface area contributed by atoms with Crippen LogP contribution in [-0.4, -0.2) is 13.1 Å². The van der Waals surface area contributed by atoms with Crippen molar-refractivity contribution >= 4 is 34.3 Å². The molecule has 0 heterocycles. The van der Waals surface area contributed by atoms with Crippen LogP contribution >= 0.6 is 28.3 Å². The smallest absolute Gasteiger partial charge is 0.327 e. The summed E-state index contributed by atoms with van der Waals surface area (Å²) in [6.45, 7) is 0. The van der Waals surface area contributed by atoms with Gasteiger partial charge in [-0.05, 0) is 18.2 Å². The van der Waals surface area contributed by atoms with Gasteiger partial charge >= 0.3 is 5.97 Å². The lowest BCUT2D eigenvalue weighted by Gasteiger charge is -2.10. The Morgan fingerprint density at radius 1 is 1.60 bits per heavy atom. The minimum absolute atomic E-state index is 0. The third kappa shape index (κ3) is 3.44. The van der Waals surface area contributed by atoms with Gasteiger partial charge in [0.2, 0.25) is 0 Å². The first-order valence-corrected chi connectivity index (χ1v) is 4.64. The molecule has 0 aliphatic carbocycles. The number of hydrogen-bond acceptors (Lipinski definition) is 3. The molecule has 2 N–H and O–H groups in total. The molecule has 0 amide bonds. The van der Waals surface area contributed by atoms with E-state index < -0.39 is 17.8 Å². The SMILES string of the molecule is COC(=O)[C@@H](N)c1cc(Br)ccc1F.Cl. The van der Waals surface area contributed by atoms with Gasteiger partial charge in [-0.3, -0.25) is 4.79 Å². The number of halogens is 3. The van der Waals surface area contributed by atoms with Crippen LogP contribution in [0, 0.1) is 5.82 Å². The van der Waals surface area contributed by atoms with Crippen molar-refractivity contribution in [2.75, 3.05) is 7.11 Å². The largest absolute Gasteiger partial charge is 0.468 e. The second-order valence-corrected chi connectivity index (χ2v) is 3.58. The van der Waals surface area contributed by atoms with E-state index >= 15 is 0 Å². The van der Waals surface area contributed by atoms with E-state index in [-0.39, 0.29) is 18.0 Å². The standard InChI is InChI=1S/C9H9BrFNO2.ClH/c1-14-9(13)8(12)6-4-5(10)2-3-7(6)11;/h2-4,8H,12H2,1H3;1H/t8-;/m0./s1. The van der Waals surface area contributed by atoms with Crippen LogP contribution in [0.15, 0.2) is 22.7 Å². The van der Waals surface area contributed by atoms with Crippen LogP contribution in [0.25, 0.3) is 0 Å². The molecule has 1 atom stereocenters. The van der Waals surface area contributed by atoms with Crippen molar-refractivity contribution in [2.45, 2.75) is 6.04 Å². The Labute approximate surface area is 101 Å². The molecule has 84 valence electrons. The van der Waals surface area contributed by atoms with Crippen LogP contribution in [0.1, 0.15) is 11.6 Å². The third-order valence-electron chi connectivity index (χ3n) is 1.75. The van der Waals surface area contributed by atoms with Crippen molar-refractivity contribution in [3.8, 4) is 0 Å². The topological polar surface area (TPSA) is 52.3 Å². The second kappa shape index (κ2) is 6.05. The molecule has 3 nitrogen and oxygen atoms in total. The maximum absolute atomic E-state index is 13.2. The zero-order valence-corrected chi connectivity index (χ0v) is 10.3. The van der Waals surface area contributed by atoms with Crippen LogP contribution in [0.2, 0.25) is 0 Å². The van der Waals surface area contributed by atoms with Gasteiger partial charge in [0.05, 0.1) is 7.11 Å². The number of ether oxygens (including phenoxy) is 1. The molecular formula is C9H10BrClFNO2. The maximum atomic E-state index is 13.2. The van der Waals surface area contributed by atoms with Gasteiger partial charge < -0.3 is 10.5 Å². The minimum atomic E-state index is -1.09. The number of rotatable bonds is 2. The Hall–Kier alpha value is -0.650. The van der Waals surface area contributed by atoms with E-state index in [2.05, 4.69) is 20.7 Å². The molecule has 1 rings (SSSR count). The highest BCUT2D eigenvalue weighted by Crippen LogP contribution is 2.20. The summed E-state index contributed by atoms with van der Waals surface area (Å²) in [5.74, 6) is -1.19. The fraction of sp³-hybridized carbons (Fsp3) is 0.222. The Kier molecular flexibility index (Phi) is 5.79. The van der Waals surface area contributed by atoms with E-state index in [0.717, 1.165) is 0 Å². The van der Waals surface area contributed by atoms with Gasteiger partial charge in [0, 0.05) is 10.0 Å². The average molecular weight is 299 g/mol. The normalized spacial score (nSPS) is 11.5. The van der Waals surface area contributed by atoms with Crippen molar-refractivity contribution < 1.29 is 13.9 Å². The van der Waals surface area contributed by atoms with E-state index in [4.69, 9.17) is 5.73 Å². The molecule has 0 fully saturated rings. The molecule has 0 radical (unpaired) electrons. The highest BCUT2D eigenvalue weighted by atomic mass is 79.9. The molecular weight excluding hydrogens is 288 g/mol. The van der Waals surface area contributed by atoms with Crippen molar-refractivity contribution in [3.05, 3.63) is 34.1 Å². The summed E-state index contributed by atoms with van der Waals surface area (Å²) in [5, 5.41) is 0. The Morgan fingerprint density at radius 3 is 2.73 bits per heavy atom. The quantitative estimate of drug-likeness (QED) is 0.852. The van der Waals surface area contributed by atoms with Crippen LogP contribution in [0.3, 0.4) is 0 Å². The van der Waals surface area contributed by atoms with Crippen molar-refractivity contribution in [1.82, 2.24) is 0 Å². The van der Waals surface area contributed by atoms with Crippen molar-refractivity contribution in [1.29, 1.82) is 0 Å². The fourth-order valence-electron chi connectivity index (χ4n) is 1.01. The molecule has 0 saturated carbocycles. The number of carbonyl (C=O) groups is 1. The Morgan fingerprint density at radius 2 is 2.20 bits per heavy atom. The summed E-state index contributed by atoms with van der Waals surface area (Å²) in [4.78, 5) is 11.0. The number of hydrogen-bond donors (Lipinski definition) is 1. The monoisotopic (exact) mass is 297 g/mol. The molecule has 0 aliphatic rings. The number of nitrogens with two attached hydrogens (primary N) is 1. The lowest BCUT2D eigenvalue weighted by Crippen LogP contribution is -2.23. The number of carbonyl (C=O) groups excluding carboxylic acids is 1. The molecule has 1 aromatic carbocycles. The van der Waals surface area contributed by atoms with E-state index in [1.165, 1.54) is 25.3 Å².